The molecule has 0 aliphatic rings. The highest BCUT2D eigenvalue weighted by atomic mass is 35.5. The van der Waals surface area contributed by atoms with E-state index in [4.69, 9.17) is 22.3 Å². The van der Waals surface area contributed by atoms with Crippen LogP contribution in [0.15, 0.2) is 53.6 Å². The summed E-state index contributed by atoms with van der Waals surface area (Å²) < 4.78 is 1.38. The Bertz CT molecular complexity index is 1570. The number of nitrogens with two attached hydrogens (primary N) is 1. The molecule has 12 nitrogen and oxygen atoms in total. The average molecular weight is 506 g/mol. The third-order valence-corrected chi connectivity index (χ3v) is 5.47. The first-order chi connectivity index (χ1) is 17.3. The van der Waals surface area contributed by atoms with E-state index >= 15 is 0 Å². The highest BCUT2D eigenvalue weighted by Crippen LogP contribution is 2.26. The van der Waals surface area contributed by atoms with Gasteiger partial charge in [0.15, 0.2) is 0 Å². The van der Waals surface area contributed by atoms with Crippen molar-refractivity contribution in [3.8, 4) is 11.8 Å². The lowest BCUT2D eigenvalue weighted by Crippen LogP contribution is -2.29. The number of urea groups is 1. The molecule has 0 saturated heterocycles. The number of carbonyl (C=O) groups excluding carboxylic acids is 1. The third-order valence-electron chi connectivity index (χ3n) is 5.16. The molecule has 182 valence electrons. The summed E-state index contributed by atoms with van der Waals surface area (Å²) in [5.74, 6) is 0.511. The maximum absolute atomic E-state index is 13.7. The zero-order valence-corrected chi connectivity index (χ0v) is 19.9. The Morgan fingerprint density at radius 2 is 2.03 bits per heavy atom. The molecule has 0 aliphatic heterocycles. The predicted molar refractivity (Wildman–Crippen MR) is 135 cm³/mol. The smallest absolute Gasteiger partial charge is 0.343 e. The number of rotatable bonds is 6. The van der Waals surface area contributed by atoms with Gasteiger partial charge >= 0.3 is 6.03 Å². The summed E-state index contributed by atoms with van der Waals surface area (Å²) in [6.07, 6.45) is 1.23. The Morgan fingerprint density at radius 3 is 2.78 bits per heavy atom. The van der Waals surface area contributed by atoms with E-state index in [2.05, 4.69) is 30.9 Å². The number of nitrogens with zero attached hydrogens (tertiary/aromatic N) is 5. The number of aromatic nitrogens is 4. The number of halogens is 1. The molecule has 1 unspecified atom stereocenters. The number of amides is 2. The van der Waals surface area contributed by atoms with Crippen molar-refractivity contribution in [3.05, 3.63) is 75.6 Å². The first-order valence-electron chi connectivity index (χ1n) is 10.5. The Kier molecular flexibility index (Phi) is 6.95. The van der Waals surface area contributed by atoms with Gasteiger partial charge in [-0.2, -0.15) is 5.26 Å². The van der Waals surface area contributed by atoms with Crippen LogP contribution in [0.1, 0.15) is 24.4 Å². The number of carbonyl (C=O) groups is 1. The molecule has 0 fully saturated rings. The zero-order chi connectivity index (χ0) is 25.8. The van der Waals surface area contributed by atoms with E-state index in [1.165, 1.54) is 18.0 Å². The maximum atomic E-state index is 13.7. The summed E-state index contributed by atoms with van der Waals surface area (Å²) in [6, 6.07) is 12.3. The van der Waals surface area contributed by atoms with Gasteiger partial charge in [0, 0.05) is 5.69 Å². The second kappa shape index (κ2) is 10.3. The molecule has 0 radical (unpaired) electrons. The van der Waals surface area contributed by atoms with Gasteiger partial charge in [0.25, 0.3) is 5.56 Å². The lowest BCUT2D eigenvalue weighted by Gasteiger charge is -2.21. The molecule has 13 heteroatoms. The largest absolute Gasteiger partial charge is 0.382 e. The van der Waals surface area contributed by atoms with Crippen LogP contribution in [0.5, 0.6) is 0 Å². The van der Waals surface area contributed by atoms with Crippen molar-refractivity contribution in [3.63, 3.8) is 0 Å². The minimum Gasteiger partial charge on any atom is -0.382 e. The normalized spacial score (nSPS) is 11.5. The van der Waals surface area contributed by atoms with E-state index in [-0.39, 0.29) is 27.6 Å². The summed E-state index contributed by atoms with van der Waals surface area (Å²) in [4.78, 5) is 42.9. The Morgan fingerprint density at radius 1 is 1.25 bits per heavy atom. The van der Waals surface area contributed by atoms with Gasteiger partial charge in [-0.25, -0.2) is 25.2 Å². The number of hydroxylamine groups is 1. The lowest BCUT2D eigenvalue weighted by molar-refractivity contribution is 0.114. The average Bonchev–Trinajstić information content (AvgIpc) is 2.84. The first kappa shape index (κ1) is 24.4. The highest BCUT2D eigenvalue weighted by molar-refractivity contribution is 6.35. The van der Waals surface area contributed by atoms with Crippen molar-refractivity contribution in [2.45, 2.75) is 13.0 Å². The van der Waals surface area contributed by atoms with Crippen molar-refractivity contribution in [1.82, 2.24) is 25.0 Å². The molecule has 1 atom stereocenters. The lowest BCUT2D eigenvalue weighted by atomic mass is 10.2. The molecule has 0 spiro atoms. The van der Waals surface area contributed by atoms with Gasteiger partial charge in [-0.3, -0.25) is 14.2 Å². The minimum absolute atomic E-state index is 0.0194. The van der Waals surface area contributed by atoms with Crippen LogP contribution in [0.2, 0.25) is 5.02 Å². The monoisotopic (exact) mass is 505 g/mol. The number of hydrogen-bond donors (Lipinski definition) is 4. The van der Waals surface area contributed by atoms with Crippen molar-refractivity contribution in [2.24, 2.45) is 0 Å². The van der Waals surface area contributed by atoms with Crippen LogP contribution in [-0.2, 0) is 4.84 Å². The number of nitrogen functional groups attached to an aromatic ring is 1. The van der Waals surface area contributed by atoms with E-state index in [1.807, 2.05) is 6.07 Å². The highest BCUT2D eigenvalue weighted by Gasteiger charge is 2.21. The number of nitriles is 1. The minimum atomic E-state index is -0.629. The van der Waals surface area contributed by atoms with Crippen molar-refractivity contribution in [2.75, 3.05) is 23.5 Å². The summed E-state index contributed by atoms with van der Waals surface area (Å²) in [7, 11) is 1.31. The number of nitrogens with one attached hydrogen (secondary N) is 3. The quantitative estimate of drug-likeness (QED) is 0.287. The number of anilines is 3. The van der Waals surface area contributed by atoms with E-state index < -0.39 is 17.6 Å². The van der Waals surface area contributed by atoms with E-state index in [0.29, 0.717) is 22.7 Å². The zero-order valence-electron chi connectivity index (χ0n) is 19.1. The topological polar surface area (TPSA) is 173 Å². The molecule has 36 heavy (non-hydrogen) atoms. The van der Waals surface area contributed by atoms with Gasteiger partial charge in [0.1, 0.15) is 35.4 Å². The Balaban J connectivity index is 1.88. The fourth-order valence-corrected chi connectivity index (χ4v) is 3.86. The second-order valence-electron chi connectivity index (χ2n) is 7.52. The van der Waals surface area contributed by atoms with Crippen LogP contribution < -0.4 is 27.4 Å². The summed E-state index contributed by atoms with van der Waals surface area (Å²) >= 11 is 6.36. The van der Waals surface area contributed by atoms with Crippen LogP contribution in [0, 0.1) is 11.3 Å². The van der Waals surface area contributed by atoms with E-state index in [1.54, 1.807) is 49.4 Å². The van der Waals surface area contributed by atoms with Crippen molar-refractivity contribution in [1.29, 1.82) is 5.26 Å². The van der Waals surface area contributed by atoms with Crippen molar-refractivity contribution < 1.29 is 9.63 Å². The Labute approximate surface area is 209 Å². The molecule has 5 N–H and O–H groups in total. The predicted octanol–water partition coefficient (Wildman–Crippen LogP) is 3.14. The van der Waals surface area contributed by atoms with Crippen LogP contribution in [0.4, 0.5) is 22.1 Å². The van der Waals surface area contributed by atoms with Gasteiger partial charge in [0.05, 0.1) is 34.8 Å². The van der Waals surface area contributed by atoms with Crippen LogP contribution in [0.25, 0.3) is 16.6 Å². The number of fused-ring (bicyclic) bond motifs is 1. The molecule has 0 bridgehead atoms. The summed E-state index contributed by atoms with van der Waals surface area (Å²) in [6.45, 7) is 1.75. The van der Waals surface area contributed by atoms with Crippen molar-refractivity contribution >= 4 is 45.9 Å². The van der Waals surface area contributed by atoms with Gasteiger partial charge in [-0.1, -0.05) is 23.7 Å². The fourth-order valence-electron chi connectivity index (χ4n) is 3.61. The van der Waals surface area contributed by atoms with Gasteiger partial charge in [-0.15, -0.1) is 0 Å². The van der Waals surface area contributed by atoms with Crippen LogP contribution in [-0.4, -0.2) is 32.7 Å². The Hall–Kier alpha value is -4.73. The molecule has 4 aromatic rings. The molecule has 2 heterocycles. The van der Waals surface area contributed by atoms with Gasteiger partial charge in [-0.05, 0) is 37.3 Å². The second-order valence-corrected chi connectivity index (χ2v) is 7.92. The van der Waals surface area contributed by atoms with E-state index in [0.717, 1.165) is 0 Å². The standard InChI is InChI=1S/C23H20ClN9O3/c1-12(29-20-15(10-25)19(26)27-11-28-20)21-31-17-8-4-7-16(24)18(17)22(34)33(21)14-6-3-5-13(9-14)30-23(35)32-36-2/h3-9,11-12H,1-2H3,(H2,30,32,35)(H3,26,27,28,29). The first-order valence-corrected chi connectivity index (χ1v) is 10.9. The molecular weight excluding hydrogens is 486 g/mol. The molecular formula is C23H20ClN9O3. The summed E-state index contributed by atoms with van der Waals surface area (Å²) in [5.41, 5.74) is 8.82. The molecule has 0 saturated carbocycles. The number of benzene rings is 2. The van der Waals surface area contributed by atoms with Gasteiger partial charge in [0.2, 0.25) is 0 Å². The molecule has 2 aromatic carbocycles. The summed E-state index contributed by atoms with van der Waals surface area (Å²) in [5, 5.41) is 15.7. The van der Waals surface area contributed by atoms with Crippen LogP contribution in [0.3, 0.4) is 0 Å². The molecule has 2 amide bonds. The van der Waals surface area contributed by atoms with Gasteiger partial charge < -0.3 is 16.4 Å². The third kappa shape index (κ3) is 4.74. The van der Waals surface area contributed by atoms with Crippen LogP contribution >= 0.6 is 11.6 Å². The molecule has 4 rings (SSSR count). The maximum Gasteiger partial charge on any atom is 0.343 e. The fraction of sp³-hybridized carbons (Fsp3) is 0.130. The molecule has 0 aliphatic carbocycles. The number of hydrogen-bond acceptors (Lipinski definition) is 9. The molecule has 2 aromatic heterocycles. The SMILES string of the molecule is CONC(=O)Nc1cccc(-n2c(C(C)Nc3ncnc(N)c3C#N)nc3cccc(Cl)c3c2=O)c1. The van der Waals surface area contributed by atoms with E-state index in [9.17, 15) is 14.9 Å².